The van der Waals surface area contributed by atoms with E-state index >= 15 is 0 Å². The average molecular weight is 341 g/mol. The Morgan fingerprint density at radius 2 is 2.12 bits per heavy atom. The van der Waals surface area contributed by atoms with Gasteiger partial charge in [-0.05, 0) is 44.5 Å². The summed E-state index contributed by atoms with van der Waals surface area (Å²) >= 11 is 0. The molecule has 1 aliphatic heterocycles. The van der Waals surface area contributed by atoms with Crippen molar-refractivity contribution in [3.63, 3.8) is 0 Å². The number of hydrogen-bond donors (Lipinski definition) is 3. The number of amides is 2. The van der Waals surface area contributed by atoms with Gasteiger partial charge >= 0.3 is 0 Å². The van der Waals surface area contributed by atoms with Gasteiger partial charge in [-0.1, -0.05) is 11.6 Å². The minimum Gasteiger partial charge on any atom is -0.355 e. The van der Waals surface area contributed by atoms with E-state index in [1.165, 1.54) is 0 Å². The maximum absolute atomic E-state index is 12.5. The number of aryl methyl sites for hydroxylation is 1. The van der Waals surface area contributed by atoms with Crippen LogP contribution in [0, 0.1) is 6.92 Å². The van der Waals surface area contributed by atoms with Crippen LogP contribution in [0.25, 0.3) is 0 Å². The third-order valence-electron chi connectivity index (χ3n) is 4.38. The van der Waals surface area contributed by atoms with E-state index in [2.05, 4.69) is 21.0 Å². The zero-order valence-electron chi connectivity index (χ0n) is 14.5. The zero-order valence-corrected chi connectivity index (χ0v) is 14.5. The lowest BCUT2D eigenvalue weighted by Gasteiger charge is -2.22. The quantitative estimate of drug-likeness (QED) is 0.790. The van der Waals surface area contributed by atoms with Gasteiger partial charge in [0.1, 0.15) is 0 Å². The van der Waals surface area contributed by atoms with E-state index in [1.807, 2.05) is 23.9 Å². The molecule has 0 radical (unpaired) electrons. The summed E-state index contributed by atoms with van der Waals surface area (Å²) in [5.41, 5.74) is 2.20. The van der Waals surface area contributed by atoms with Gasteiger partial charge in [-0.25, -0.2) is 0 Å². The van der Waals surface area contributed by atoms with Crippen molar-refractivity contribution in [3.05, 3.63) is 47.3 Å². The normalized spacial score (nSPS) is 17.1. The highest BCUT2D eigenvalue weighted by molar-refractivity contribution is 6.08. The first-order valence-electron chi connectivity index (χ1n) is 8.48. The molecule has 1 aromatic heterocycles. The highest BCUT2D eigenvalue weighted by atomic mass is 16.2. The van der Waals surface area contributed by atoms with Crippen molar-refractivity contribution in [1.82, 2.24) is 20.4 Å². The molecule has 0 aliphatic carbocycles. The van der Waals surface area contributed by atoms with Gasteiger partial charge < -0.3 is 16.0 Å². The number of aromatic nitrogens is 2. The van der Waals surface area contributed by atoms with Crippen LogP contribution in [-0.2, 0) is 0 Å². The highest BCUT2D eigenvalue weighted by Gasteiger charge is 2.19. The molecule has 0 spiro atoms. The molecule has 1 atom stereocenters. The topological polar surface area (TPSA) is 88.0 Å². The minimum absolute atomic E-state index is 0.238. The maximum atomic E-state index is 12.5. The van der Waals surface area contributed by atoms with Gasteiger partial charge in [-0.2, -0.15) is 5.10 Å². The zero-order chi connectivity index (χ0) is 17.8. The summed E-state index contributed by atoms with van der Waals surface area (Å²) in [7, 11) is 1.57. The summed E-state index contributed by atoms with van der Waals surface area (Å²) in [5, 5.41) is 13.1. The number of nitrogens with one attached hydrogen (secondary N) is 3. The van der Waals surface area contributed by atoms with Gasteiger partial charge in [-0.3, -0.25) is 14.3 Å². The molecule has 2 amide bonds. The summed E-state index contributed by atoms with van der Waals surface area (Å²) in [6.45, 7) is 3.79. The molecular formula is C18H23N5O2. The molecule has 0 bridgehead atoms. The van der Waals surface area contributed by atoms with E-state index in [4.69, 9.17) is 0 Å². The molecule has 2 heterocycles. The number of anilines is 1. The van der Waals surface area contributed by atoms with Gasteiger partial charge in [0.2, 0.25) is 0 Å². The fourth-order valence-corrected chi connectivity index (χ4v) is 3.00. The monoisotopic (exact) mass is 341 g/mol. The van der Waals surface area contributed by atoms with E-state index in [0.29, 0.717) is 16.9 Å². The van der Waals surface area contributed by atoms with Crippen LogP contribution in [0.15, 0.2) is 30.5 Å². The molecule has 1 unspecified atom stereocenters. The van der Waals surface area contributed by atoms with E-state index in [9.17, 15) is 9.59 Å². The fourth-order valence-electron chi connectivity index (χ4n) is 3.00. The third kappa shape index (κ3) is 3.88. The minimum atomic E-state index is -0.323. The van der Waals surface area contributed by atoms with Crippen LogP contribution < -0.4 is 16.0 Å². The molecule has 2 aromatic rings. The highest BCUT2D eigenvalue weighted by Crippen LogP contribution is 2.19. The van der Waals surface area contributed by atoms with Crippen molar-refractivity contribution in [2.75, 3.05) is 25.5 Å². The summed E-state index contributed by atoms with van der Waals surface area (Å²) < 4.78 is 1.84. The first-order chi connectivity index (χ1) is 12.1. The SMILES string of the molecule is CNC(=O)c1cc(C)ccc1NC(=O)c1ccn(C2CCCNC2)n1. The van der Waals surface area contributed by atoms with Gasteiger partial charge in [0, 0.05) is 19.8 Å². The number of carbonyl (C=O) groups excluding carboxylic acids is 2. The van der Waals surface area contributed by atoms with E-state index < -0.39 is 0 Å². The summed E-state index contributed by atoms with van der Waals surface area (Å²) in [4.78, 5) is 24.6. The second-order valence-corrected chi connectivity index (χ2v) is 6.26. The molecule has 7 nitrogen and oxygen atoms in total. The lowest BCUT2D eigenvalue weighted by atomic mass is 10.1. The second-order valence-electron chi connectivity index (χ2n) is 6.26. The van der Waals surface area contributed by atoms with E-state index in [1.54, 1.807) is 25.2 Å². The van der Waals surface area contributed by atoms with Gasteiger partial charge in [0.05, 0.1) is 17.3 Å². The summed E-state index contributed by atoms with van der Waals surface area (Å²) in [5.74, 6) is -0.561. The van der Waals surface area contributed by atoms with Crippen molar-refractivity contribution < 1.29 is 9.59 Å². The Hall–Kier alpha value is -2.67. The maximum Gasteiger partial charge on any atom is 0.276 e. The van der Waals surface area contributed by atoms with Crippen molar-refractivity contribution in [3.8, 4) is 0 Å². The van der Waals surface area contributed by atoms with Gasteiger partial charge in [0.15, 0.2) is 5.69 Å². The van der Waals surface area contributed by atoms with Crippen LogP contribution in [0.4, 0.5) is 5.69 Å². The number of rotatable bonds is 4. The van der Waals surface area contributed by atoms with Crippen LogP contribution in [0.3, 0.4) is 0 Å². The molecule has 1 saturated heterocycles. The van der Waals surface area contributed by atoms with Crippen LogP contribution in [-0.4, -0.2) is 41.7 Å². The van der Waals surface area contributed by atoms with Crippen molar-refractivity contribution >= 4 is 17.5 Å². The summed E-state index contributed by atoms with van der Waals surface area (Å²) in [6.07, 6.45) is 3.99. The first-order valence-corrected chi connectivity index (χ1v) is 8.48. The smallest absolute Gasteiger partial charge is 0.276 e. The predicted octanol–water partition coefficient (Wildman–Crippen LogP) is 1.73. The Balaban J connectivity index is 1.76. The first kappa shape index (κ1) is 17.2. The van der Waals surface area contributed by atoms with Crippen LogP contribution in [0.1, 0.15) is 45.3 Å². The van der Waals surface area contributed by atoms with Gasteiger partial charge in [-0.15, -0.1) is 0 Å². The molecule has 7 heteroatoms. The standard InChI is InChI=1S/C18H23N5O2/c1-12-5-6-15(14(10-12)17(24)19-2)21-18(25)16-7-9-23(22-16)13-4-3-8-20-11-13/h5-7,9-10,13,20H,3-4,8,11H2,1-2H3,(H,19,24)(H,21,25). The Labute approximate surface area is 146 Å². The lowest BCUT2D eigenvalue weighted by Crippen LogP contribution is -2.32. The molecule has 1 aromatic carbocycles. The number of piperidine rings is 1. The molecule has 132 valence electrons. The molecular weight excluding hydrogens is 318 g/mol. The third-order valence-corrected chi connectivity index (χ3v) is 4.38. The molecule has 25 heavy (non-hydrogen) atoms. The van der Waals surface area contributed by atoms with Gasteiger partial charge in [0.25, 0.3) is 11.8 Å². The number of nitrogens with zero attached hydrogens (tertiary/aromatic N) is 2. The second kappa shape index (κ2) is 7.48. The molecule has 1 fully saturated rings. The van der Waals surface area contributed by atoms with Crippen molar-refractivity contribution in [2.24, 2.45) is 0 Å². The van der Waals surface area contributed by atoms with Crippen LogP contribution in [0.5, 0.6) is 0 Å². The fraction of sp³-hybridized carbons (Fsp3) is 0.389. The average Bonchev–Trinajstić information content (AvgIpc) is 3.13. The Bertz CT molecular complexity index is 778. The van der Waals surface area contributed by atoms with Crippen LogP contribution >= 0.6 is 0 Å². The number of benzene rings is 1. The largest absolute Gasteiger partial charge is 0.355 e. The van der Waals surface area contributed by atoms with Crippen molar-refractivity contribution in [1.29, 1.82) is 0 Å². The number of hydrogen-bond acceptors (Lipinski definition) is 4. The lowest BCUT2D eigenvalue weighted by molar-refractivity contribution is 0.0964. The van der Waals surface area contributed by atoms with E-state index in [0.717, 1.165) is 31.5 Å². The molecule has 3 rings (SSSR count). The summed E-state index contributed by atoms with van der Waals surface area (Å²) in [6, 6.07) is 7.32. The molecule has 1 aliphatic rings. The Morgan fingerprint density at radius 3 is 2.84 bits per heavy atom. The number of carbonyl (C=O) groups is 2. The van der Waals surface area contributed by atoms with Crippen LogP contribution in [0.2, 0.25) is 0 Å². The molecule has 0 saturated carbocycles. The van der Waals surface area contributed by atoms with Crippen molar-refractivity contribution in [2.45, 2.75) is 25.8 Å². The predicted molar refractivity (Wildman–Crippen MR) is 95.9 cm³/mol. The Morgan fingerprint density at radius 1 is 1.28 bits per heavy atom. The molecule has 3 N–H and O–H groups in total. The Kier molecular flexibility index (Phi) is 5.14. The van der Waals surface area contributed by atoms with E-state index in [-0.39, 0.29) is 17.9 Å².